The van der Waals surface area contributed by atoms with Crippen molar-refractivity contribution in [2.24, 2.45) is 0 Å². The summed E-state index contributed by atoms with van der Waals surface area (Å²) < 4.78 is 0. The van der Waals surface area contributed by atoms with Gasteiger partial charge in [0.15, 0.2) is 0 Å². The second kappa shape index (κ2) is 4.23. The van der Waals surface area contributed by atoms with Crippen molar-refractivity contribution in [2.75, 3.05) is 23.0 Å². The van der Waals surface area contributed by atoms with Crippen LogP contribution < -0.4 is 0 Å². The average molecular weight is 244 g/mol. The van der Waals surface area contributed by atoms with Gasteiger partial charge in [-0.3, -0.25) is 0 Å². The lowest BCUT2D eigenvalue weighted by Gasteiger charge is -2.38. The van der Waals surface area contributed by atoms with E-state index >= 15 is 0 Å². The molecule has 1 saturated heterocycles. The predicted molar refractivity (Wildman–Crippen MR) is 62.5 cm³/mol. The minimum absolute atomic E-state index is 0.424. The molecule has 2 unspecified atom stereocenters. The van der Waals surface area contributed by atoms with Gasteiger partial charge in [-0.1, -0.05) is 0 Å². The second-order valence-corrected chi connectivity index (χ2v) is 6.09. The molecule has 0 aromatic heterocycles. The summed E-state index contributed by atoms with van der Waals surface area (Å²) in [6.07, 6.45) is 0. The number of rotatable bonds is 2. The number of thioether (sulfide) groups is 2. The van der Waals surface area contributed by atoms with Crippen LogP contribution in [0, 0.1) is 0 Å². The van der Waals surface area contributed by atoms with Crippen molar-refractivity contribution in [3.05, 3.63) is 0 Å². The Bertz CT molecular complexity index is 138. The number of thiol groups is 2. The Morgan fingerprint density at radius 1 is 1.00 bits per heavy atom. The molecule has 1 heterocycles. The van der Waals surface area contributed by atoms with Gasteiger partial charge in [0.25, 0.3) is 0 Å². The molecule has 0 bridgehead atoms. The van der Waals surface area contributed by atoms with Crippen LogP contribution in [-0.4, -0.2) is 43.1 Å². The van der Waals surface area contributed by atoms with E-state index in [0.717, 1.165) is 0 Å². The van der Waals surface area contributed by atoms with Gasteiger partial charge in [-0.05, 0) is 0 Å². The van der Waals surface area contributed by atoms with Crippen molar-refractivity contribution in [3.63, 3.8) is 0 Å². The van der Waals surface area contributed by atoms with Crippen LogP contribution in [0.2, 0.25) is 0 Å². The highest BCUT2D eigenvalue weighted by Gasteiger charge is 2.40. The van der Waals surface area contributed by atoms with E-state index in [0.29, 0.717) is 23.0 Å². The lowest BCUT2D eigenvalue weighted by Crippen LogP contribution is -2.44. The van der Waals surface area contributed by atoms with Crippen LogP contribution in [0.1, 0.15) is 0 Å². The van der Waals surface area contributed by atoms with E-state index in [1.54, 1.807) is 0 Å². The van der Waals surface area contributed by atoms with Crippen molar-refractivity contribution in [2.45, 2.75) is 9.87 Å². The molecule has 0 aromatic carbocycles. The Balaban J connectivity index is 2.49. The summed E-state index contributed by atoms with van der Waals surface area (Å²) >= 11 is 10.8. The fourth-order valence-electron chi connectivity index (χ4n) is 0.760. The van der Waals surface area contributed by atoms with Crippen molar-refractivity contribution in [1.82, 2.24) is 0 Å². The van der Waals surface area contributed by atoms with Gasteiger partial charge in [0.1, 0.15) is 9.87 Å². The molecule has 12 heavy (non-hydrogen) atoms. The molecular formula is C6H12O2S4. The van der Waals surface area contributed by atoms with Gasteiger partial charge in [-0.25, -0.2) is 0 Å². The highest BCUT2D eigenvalue weighted by Crippen LogP contribution is 2.42. The van der Waals surface area contributed by atoms with Crippen LogP contribution in [0.25, 0.3) is 0 Å². The third-order valence-corrected chi connectivity index (χ3v) is 6.36. The summed E-state index contributed by atoms with van der Waals surface area (Å²) in [7, 11) is 0. The van der Waals surface area contributed by atoms with Gasteiger partial charge in [-0.2, -0.15) is 25.3 Å². The smallest absolute Gasteiger partial charge is 0.128 e. The summed E-state index contributed by atoms with van der Waals surface area (Å²) in [5.74, 6) is 1.87. The summed E-state index contributed by atoms with van der Waals surface area (Å²) in [5.41, 5.74) is 0. The molecule has 72 valence electrons. The van der Waals surface area contributed by atoms with E-state index in [9.17, 15) is 10.2 Å². The molecule has 0 amide bonds. The first-order valence-corrected chi connectivity index (χ1v) is 6.72. The molecule has 0 aliphatic carbocycles. The van der Waals surface area contributed by atoms with Crippen LogP contribution in [0.3, 0.4) is 0 Å². The average Bonchev–Trinajstić information content (AvgIpc) is 2.11. The lowest BCUT2D eigenvalue weighted by atomic mass is 10.4. The van der Waals surface area contributed by atoms with Crippen molar-refractivity contribution in [1.29, 1.82) is 0 Å². The number of hydrogen-bond donors (Lipinski definition) is 4. The minimum Gasteiger partial charge on any atom is -0.378 e. The zero-order valence-electron chi connectivity index (χ0n) is 6.43. The molecule has 0 radical (unpaired) electrons. The molecule has 1 aliphatic heterocycles. The first-order chi connectivity index (χ1) is 5.54. The summed E-state index contributed by atoms with van der Waals surface area (Å²) in [6.45, 7) is 0. The Morgan fingerprint density at radius 2 is 1.33 bits per heavy atom. The van der Waals surface area contributed by atoms with E-state index < -0.39 is 9.87 Å². The number of aliphatic hydroxyl groups is 2. The minimum atomic E-state index is -0.775. The lowest BCUT2D eigenvalue weighted by molar-refractivity contribution is 0.160. The maximum absolute atomic E-state index is 9.74. The first-order valence-electron chi connectivity index (χ1n) is 3.48. The second-order valence-electron chi connectivity index (χ2n) is 2.79. The molecule has 6 heteroatoms. The van der Waals surface area contributed by atoms with E-state index in [-0.39, 0.29) is 0 Å². The molecule has 1 aliphatic rings. The Morgan fingerprint density at radius 3 is 1.50 bits per heavy atom. The maximum atomic E-state index is 9.74. The number of hydrogen-bond acceptors (Lipinski definition) is 6. The SMILES string of the molecule is OC1(CS)CSC(O)(CS)CS1. The van der Waals surface area contributed by atoms with Gasteiger partial charge < -0.3 is 10.2 Å². The van der Waals surface area contributed by atoms with E-state index in [4.69, 9.17) is 0 Å². The van der Waals surface area contributed by atoms with Crippen LogP contribution in [-0.2, 0) is 0 Å². The van der Waals surface area contributed by atoms with Crippen LogP contribution in [0.5, 0.6) is 0 Å². The third kappa shape index (κ3) is 2.65. The third-order valence-electron chi connectivity index (χ3n) is 1.63. The first kappa shape index (κ1) is 11.4. The zero-order chi connectivity index (χ0) is 9.24. The molecule has 0 saturated carbocycles. The highest BCUT2D eigenvalue weighted by molar-refractivity contribution is 8.08. The molecule has 0 aromatic rings. The molecule has 2 N–H and O–H groups in total. The fraction of sp³-hybridized carbons (Fsp3) is 1.00. The Kier molecular flexibility index (Phi) is 4.02. The molecule has 2 nitrogen and oxygen atoms in total. The summed E-state index contributed by atoms with van der Waals surface area (Å²) in [4.78, 5) is -1.55. The van der Waals surface area contributed by atoms with Gasteiger partial charge in [0.05, 0.1) is 0 Å². The topological polar surface area (TPSA) is 40.5 Å². The van der Waals surface area contributed by atoms with Gasteiger partial charge >= 0.3 is 0 Å². The van der Waals surface area contributed by atoms with Crippen molar-refractivity contribution in [3.8, 4) is 0 Å². The van der Waals surface area contributed by atoms with Crippen molar-refractivity contribution < 1.29 is 10.2 Å². The normalized spacial score (nSPS) is 43.0. The van der Waals surface area contributed by atoms with Crippen LogP contribution >= 0.6 is 48.8 Å². The van der Waals surface area contributed by atoms with E-state index in [2.05, 4.69) is 25.3 Å². The largest absolute Gasteiger partial charge is 0.378 e. The molecule has 2 atom stereocenters. The predicted octanol–water partition coefficient (Wildman–Crippen LogP) is 0.703. The fourth-order valence-corrected chi connectivity index (χ4v) is 4.23. The molecule has 1 fully saturated rings. The van der Waals surface area contributed by atoms with Gasteiger partial charge in [0, 0.05) is 23.0 Å². The zero-order valence-corrected chi connectivity index (χ0v) is 9.86. The van der Waals surface area contributed by atoms with Gasteiger partial charge in [-0.15, -0.1) is 23.5 Å². The maximum Gasteiger partial charge on any atom is 0.128 e. The molecule has 0 spiro atoms. The standard InChI is InChI=1S/C6H12O2S4/c7-5(1-9)3-12-6(8,2-10)4-11-5/h7-10H,1-4H2. The highest BCUT2D eigenvalue weighted by atomic mass is 32.2. The molecular weight excluding hydrogens is 232 g/mol. The Labute approximate surface area is 91.7 Å². The van der Waals surface area contributed by atoms with Crippen LogP contribution in [0.4, 0.5) is 0 Å². The van der Waals surface area contributed by atoms with E-state index in [1.807, 2.05) is 0 Å². The summed E-state index contributed by atoms with van der Waals surface area (Å²) in [6, 6.07) is 0. The van der Waals surface area contributed by atoms with E-state index in [1.165, 1.54) is 23.5 Å². The van der Waals surface area contributed by atoms with Crippen molar-refractivity contribution >= 4 is 48.8 Å². The monoisotopic (exact) mass is 244 g/mol. The molecule has 1 rings (SSSR count). The Hall–Kier alpha value is 1.32. The van der Waals surface area contributed by atoms with Gasteiger partial charge in [0.2, 0.25) is 0 Å². The quantitative estimate of drug-likeness (QED) is 0.540. The van der Waals surface area contributed by atoms with Crippen LogP contribution in [0.15, 0.2) is 0 Å². The summed E-state index contributed by atoms with van der Waals surface area (Å²) in [5, 5.41) is 19.5.